The van der Waals surface area contributed by atoms with Gasteiger partial charge in [0.05, 0.1) is 6.04 Å². The molecule has 0 spiro atoms. The highest BCUT2D eigenvalue weighted by Crippen LogP contribution is 2.44. The Kier molecular flexibility index (Phi) is 4.60. The second kappa shape index (κ2) is 6.68. The summed E-state index contributed by atoms with van der Waals surface area (Å²) in [5.74, 6) is 1.04. The van der Waals surface area contributed by atoms with Gasteiger partial charge in [0.15, 0.2) is 16.9 Å². The van der Waals surface area contributed by atoms with E-state index in [4.69, 9.17) is 4.98 Å². The third-order valence-corrected chi connectivity index (χ3v) is 6.72. The first-order valence-electron chi connectivity index (χ1n) is 10.6. The summed E-state index contributed by atoms with van der Waals surface area (Å²) in [6, 6.07) is -0.539. The van der Waals surface area contributed by atoms with E-state index in [0.29, 0.717) is 22.9 Å². The molecule has 0 bridgehead atoms. The van der Waals surface area contributed by atoms with Crippen molar-refractivity contribution in [2.75, 3.05) is 0 Å². The van der Waals surface area contributed by atoms with Crippen molar-refractivity contribution < 1.29 is 4.79 Å². The van der Waals surface area contributed by atoms with Gasteiger partial charge < -0.3 is 4.57 Å². The smallest absolute Gasteiger partial charge is 0.311 e. The van der Waals surface area contributed by atoms with Gasteiger partial charge in [-0.05, 0) is 51.4 Å². The predicted molar refractivity (Wildman–Crippen MR) is 116 cm³/mol. The van der Waals surface area contributed by atoms with Crippen LogP contribution in [0.2, 0.25) is 0 Å². The topological polar surface area (TPSA) is 83.3 Å². The van der Waals surface area contributed by atoms with E-state index in [-0.39, 0.29) is 17.2 Å². The molecule has 1 aliphatic carbocycles. The highest BCUT2D eigenvalue weighted by Gasteiger charge is 2.35. The maximum absolute atomic E-state index is 13.3. The SMILES string of the molecule is CC(=O)[C@H](C)n1c(=O)c2c(nc3n([C@H]4C[C@@H](C)CC(C)(C)C4)c(C)cn23)n(C)c1=O. The highest BCUT2D eigenvalue weighted by atomic mass is 16.2. The summed E-state index contributed by atoms with van der Waals surface area (Å²) >= 11 is 0. The molecule has 8 nitrogen and oxygen atoms in total. The van der Waals surface area contributed by atoms with Crippen LogP contribution >= 0.6 is 0 Å². The summed E-state index contributed by atoms with van der Waals surface area (Å²) < 4.78 is 6.43. The van der Waals surface area contributed by atoms with Gasteiger partial charge >= 0.3 is 5.69 Å². The van der Waals surface area contributed by atoms with Gasteiger partial charge in [-0.1, -0.05) is 20.8 Å². The molecular formula is C22H31N5O3. The molecule has 0 N–H and O–H groups in total. The molecule has 1 fully saturated rings. The second-order valence-corrected chi connectivity index (χ2v) is 9.97. The summed E-state index contributed by atoms with van der Waals surface area (Å²) in [4.78, 5) is 42.8. The zero-order chi connectivity index (χ0) is 22.1. The van der Waals surface area contributed by atoms with Crippen molar-refractivity contribution >= 4 is 22.7 Å². The van der Waals surface area contributed by atoms with E-state index in [2.05, 4.69) is 25.3 Å². The Morgan fingerprint density at radius 2 is 1.93 bits per heavy atom. The minimum absolute atomic E-state index is 0.235. The molecule has 0 radical (unpaired) electrons. The largest absolute Gasteiger partial charge is 0.333 e. The van der Waals surface area contributed by atoms with Crippen LogP contribution in [0.25, 0.3) is 16.9 Å². The molecule has 0 aromatic carbocycles. The van der Waals surface area contributed by atoms with Gasteiger partial charge in [-0.15, -0.1) is 0 Å². The summed E-state index contributed by atoms with van der Waals surface area (Å²) in [6.07, 6.45) is 5.21. The lowest BCUT2D eigenvalue weighted by Crippen LogP contribution is -2.42. The Hall–Kier alpha value is -2.64. The Bertz CT molecular complexity index is 1290. The fraction of sp³-hybridized carbons (Fsp3) is 0.636. The van der Waals surface area contributed by atoms with Crippen LogP contribution in [-0.2, 0) is 11.8 Å². The summed E-state index contributed by atoms with van der Waals surface area (Å²) in [5, 5.41) is 0. The molecule has 8 heteroatoms. The van der Waals surface area contributed by atoms with Gasteiger partial charge in [-0.25, -0.2) is 9.36 Å². The predicted octanol–water partition coefficient (Wildman–Crippen LogP) is 3.00. The van der Waals surface area contributed by atoms with Crippen LogP contribution in [0.5, 0.6) is 0 Å². The average molecular weight is 414 g/mol. The summed E-state index contributed by atoms with van der Waals surface area (Å²) in [5.41, 5.74) is 0.964. The van der Waals surface area contributed by atoms with Crippen molar-refractivity contribution in [1.29, 1.82) is 0 Å². The molecule has 0 aliphatic heterocycles. The van der Waals surface area contributed by atoms with Crippen molar-refractivity contribution in [2.24, 2.45) is 18.4 Å². The van der Waals surface area contributed by atoms with E-state index >= 15 is 0 Å². The van der Waals surface area contributed by atoms with Crippen LogP contribution in [0.1, 0.15) is 71.7 Å². The number of ketones is 1. The summed E-state index contributed by atoms with van der Waals surface area (Å²) in [7, 11) is 1.60. The second-order valence-electron chi connectivity index (χ2n) is 9.97. The van der Waals surface area contributed by atoms with Crippen molar-refractivity contribution in [2.45, 2.75) is 72.9 Å². The van der Waals surface area contributed by atoms with Gasteiger partial charge in [-0.2, -0.15) is 4.98 Å². The third-order valence-electron chi connectivity index (χ3n) is 6.72. The first-order chi connectivity index (χ1) is 13.9. The molecule has 3 heterocycles. The molecular weight excluding hydrogens is 382 g/mol. The first-order valence-corrected chi connectivity index (χ1v) is 10.6. The minimum atomic E-state index is -0.825. The molecule has 3 aromatic rings. The molecule has 1 saturated carbocycles. The maximum atomic E-state index is 13.3. The number of aryl methyl sites for hydroxylation is 2. The van der Waals surface area contributed by atoms with Crippen molar-refractivity contribution in [3.05, 3.63) is 32.7 Å². The molecule has 0 saturated heterocycles. The molecule has 0 unspecified atom stereocenters. The van der Waals surface area contributed by atoms with Gasteiger partial charge in [0.2, 0.25) is 5.78 Å². The normalized spacial score (nSPS) is 22.6. The zero-order valence-electron chi connectivity index (χ0n) is 18.9. The number of fused-ring (bicyclic) bond motifs is 3. The monoisotopic (exact) mass is 413 g/mol. The lowest BCUT2D eigenvalue weighted by molar-refractivity contribution is -0.119. The molecule has 1 aliphatic rings. The van der Waals surface area contributed by atoms with Crippen molar-refractivity contribution in [1.82, 2.24) is 23.1 Å². The van der Waals surface area contributed by atoms with Crippen LogP contribution in [0.4, 0.5) is 0 Å². The van der Waals surface area contributed by atoms with Gasteiger partial charge in [0, 0.05) is 25.0 Å². The molecule has 4 rings (SSSR count). The standard InChI is InChI=1S/C22H31N5O3/c1-12-8-16(10-22(5,6)9-12)26-13(2)11-25-17-18(23-20(25)26)24(7)21(30)27(19(17)29)14(3)15(4)28/h11-12,14,16H,8-10H2,1-7H3/t12-,14+,16+/m1/s1. The Labute approximate surface area is 175 Å². The van der Waals surface area contributed by atoms with E-state index in [1.165, 1.54) is 17.9 Å². The van der Waals surface area contributed by atoms with Crippen LogP contribution in [0.15, 0.2) is 15.8 Å². The number of Topliss-reactive ketones (excluding diaryl/α,β-unsaturated/α-hetero) is 1. The molecule has 3 atom stereocenters. The zero-order valence-corrected chi connectivity index (χ0v) is 18.9. The number of aromatic nitrogens is 5. The van der Waals surface area contributed by atoms with Gasteiger partial charge in [0.25, 0.3) is 5.56 Å². The average Bonchev–Trinajstić information content (AvgIpc) is 3.12. The number of rotatable bonds is 3. The number of nitrogens with zero attached hydrogens (tertiary/aromatic N) is 5. The number of imidazole rings is 2. The maximum Gasteiger partial charge on any atom is 0.333 e. The number of hydrogen-bond donors (Lipinski definition) is 0. The molecule has 30 heavy (non-hydrogen) atoms. The Morgan fingerprint density at radius 1 is 1.27 bits per heavy atom. The van der Waals surface area contributed by atoms with E-state index in [0.717, 1.165) is 23.1 Å². The van der Waals surface area contributed by atoms with Crippen LogP contribution < -0.4 is 11.2 Å². The highest BCUT2D eigenvalue weighted by molar-refractivity contribution is 5.80. The van der Waals surface area contributed by atoms with Crippen LogP contribution in [-0.4, -0.2) is 28.9 Å². The fourth-order valence-corrected chi connectivity index (χ4v) is 5.46. The van der Waals surface area contributed by atoms with Crippen molar-refractivity contribution in [3.8, 4) is 0 Å². The minimum Gasteiger partial charge on any atom is -0.311 e. The molecule has 162 valence electrons. The summed E-state index contributed by atoms with van der Waals surface area (Å²) in [6.45, 7) is 11.9. The first kappa shape index (κ1) is 20.6. The third kappa shape index (κ3) is 2.96. The lowest BCUT2D eigenvalue weighted by Gasteiger charge is -2.39. The molecule has 0 amide bonds. The van der Waals surface area contributed by atoms with Gasteiger partial charge in [-0.3, -0.25) is 18.6 Å². The van der Waals surface area contributed by atoms with Gasteiger partial charge in [0.1, 0.15) is 0 Å². The van der Waals surface area contributed by atoms with E-state index in [1.54, 1.807) is 18.4 Å². The number of carbonyl (C=O) groups excluding carboxylic acids is 1. The van der Waals surface area contributed by atoms with E-state index < -0.39 is 17.3 Å². The van der Waals surface area contributed by atoms with Crippen LogP contribution in [0, 0.1) is 18.3 Å². The van der Waals surface area contributed by atoms with E-state index in [9.17, 15) is 14.4 Å². The quantitative estimate of drug-likeness (QED) is 0.661. The van der Waals surface area contributed by atoms with Crippen molar-refractivity contribution in [3.63, 3.8) is 0 Å². The van der Waals surface area contributed by atoms with E-state index in [1.807, 2.05) is 13.1 Å². The Balaban J connectivity index is 2.02. The van der Waals surface area contributed by atoms with Crippen LogP contribution in [0.3, 0.4) is 0 Å². The molecule has 3 aromatic heterocycles. The number of hydrogen-bond acceptors (Lipinski definition) is 4. The lowest BCUT2D eigenvalue weighted by atomic mass is 9.70. The number of carbonyl (C=O) groups is 1. The fourth-order valence-electron chi connectivity index (χ4n) is 5.46. The Morgan fingerprint density at radius 3 is 2.53 bits per heavy atom.